The molecule has 0 spiro atoms. The maximum absolute atomic E-state index is 12.7. The Morgan fingerprint density at radius 3 is 2.75 bits per heavy atom. The van der Waals surface area contributed by atoms with Gasteiger partial charge in [0.25, 0.3) is 0 Å². The SMILES string of the molecule is COc1ccc(CN2CC(C(=O)N(C)C3CCNC3)CC2=O)cc1. The second-order valence-electron chi connectivity index (χ2n) is 6.62. The fourth-order valence-corrected chi connectivity index (χ4v) is 3.48. The van der Waals surface area contributed by atoms with Gasteiger partial charge >= 0.3 is 0 Å². The smallest absolute Gasteiger partial charge is 0.228 e. The number of nitrogens with one attached hydrogen (secondary N) is 1. The van der Waals surface area contributed by atoms with Crippen LogP contribution in [0.5, 0.6) is 5.75 Å². The van der Waals surface area contributed by atoms with Gasteiger partial charge in [0.05, 0.1) is 13.0 Å². The minimum absolute atomic E-state index is 0.0575. The number of ether oxygens (including phenoxy) is 1. The summed E-state index contributed by atoms with van der Waals surface area (Å²) in [5.41, 5.74) is 1.05. The molecular weight excluding hydrogens is 306 g/mol. The third-order valence-electron chi connectivity index (χ3n) is 5.03. The predicted molar refractivity (Wildman–Crippen MR) is 90.6 cm³/mol. The Hall–Kier alpha value is -2.08. The summed E-state index contributed by atoms with van der Waals surface area (Å²) < 4.78 is 5.15. The lowest BCUT2D eigenvalue weighted by molar-refractivity contribution is -0.136. The Morgan fingerprint density at radius 2 is 2.12 bits per heavy atom. The van der Waals surface area contributed by atoms with Crippen LogP contribution in [0.15, 0.2) is 24.3 Å². The van der Waals surface area contributed by atoms with Crippen molar-refractivity contribution in [3.63, 3.8) is 0 Å². The standard InChI is InChI=1S/C18H25N3O3/c1-20(15-7-8-19-10-15)18(23)14-9-17(22)21(12-14)11-13-3-5-16(24-2)6-4-13/h3-6,14-15,19H,7-12H2,1-2H3. The molecule has 2 aliphatic heterocycles. The van der Waals surface area contributed by atoms with E-state index in [-0.39, 0.29) is 23.8 Å². The van der Waals surface area contributed by atoms with Crippen molar-refractivity contribution in [1.82, 2.24) is 15.1 Å². The van der Waals surface area contributed by atoms with E-state index in [9.17, 15) is 9.59 Å². The Morgan fingerprint density at radius 1 is 1.38 bits per heavy atom. The quantitative estimate of drug-likeness (QED) is 0.869. The van der Waals surface area contributed by atoms with E-state index in [0.717, 1.165) is 30.8 Å². The molecule has 1 aromatic carbocycles. The van der Waals surface area contributed by atoms with Crippen LogP contribution in [0.25, 0.3) is 0 Å². The summed E-state index contributed by atoms with van der Waals surface area (Å²) in [5, 5.41) is 3.28. The Balaban J connectivity index is 1.59. The van der Waals surface area contributed by atoms with Gasteiger partial charge in [0.1, 0.15) is 5.75 Å². The predicted octanol–water partition coefficient (Wildman–Crippen LogP) is 0.864. The van der Waals surface area contributed by atoms with Gasteiger partial charge in [-0.15, -0.1) is 0 Å². The molecule has 2 atom stereocenters. The molecule has 130 valence electrons. The lowest BCUT2D eigenvalue weighted by Crippen LogP contribution is -2.42. The molecule has 1 aromatic rings. The topological polar surface area (TPSA) is 61.9 Å². The zero-order chi connectivity index (χ0) is 17.1. The van der Waals surface area contributed by atoms with E-state index < -0.39 is 0 Å². The summed E-state index contributed by atoms with van der Waals surface area (Å²) >= 11 is 0. The second-order valence-corrected chi connectivity index (χ2v) is 6.62. The summed E-state index contributed by atoms with van der Waals surface area (Å²) in [4.78, 5) is 28.6. The molecule has 0 bridgehead atoms. The molecule has 2 aliphatic rings. The van der Waals surface area contributed by atoms with Crippen LogP contribution in [0.1, 0.15) is 18.4 Å². The van der Waals surface area contributed by atoms with Gasteiger partial charge in [0, 0.05) is 39.1 Å². The normalized spacial score (nSPS) is 23.6. The molecule has 2 amide bonds. The molecule has 6 heteroatoms. The first-order chi connectivity index (χ1) is 11.6. The summed E-state index contributed by atoms with van der Waals surface area (Å²) in [6, 6.07) is 7.94. The van der Waals surface area contributed by atoms with Crippen molar-refractivity contribution in [2.45, 2.75) is 25.4 Å². The molecule has 0 aliphatic carbocycles. The highest BCUT2D eigenvalue weighted by atomic mass is 16.5. The lowest BCUT2D eigenvalue weighted by atomic mass is 10.1. The van der Waals surface area contributed by atoms with Gasteiger partial charge in [0.2, 0.25) is 11.8 Å². The Bertz CT molecular complexity index is 596. The highest BCUT2D eigenvalue weighted by molar-refractivity contribution is 5.89. The van der Waals surface area contributed by atoms with E-state index in [1.54, 1.807) is 12.0 Å². The van der Waals surface area contributed by atoms with E-state index in [1.165, 1.54) is 0 Å². The monoisotopic (exact) mass is 331 g/mol. The largest absolute Gasteiger partial charge is 0.497 e. The fraction of sp³-hybridized carbons (Fsp3) is 0.556. The summed E-state index contributed by atoms with van der Waals surface area (Å²) in [5.74, 6) is 0.726. The molecule has 0 aromatic heterocycles. The zero-order valence-corrected chi connectivity index (χ0v) is 14.3. The van der Waals surface area contributed by atoms with Crippen LogP contribution in [0.2, 0.25) is 0 Å². The van der Waals surface area contributed by atoms with Crippen LogP contribution in [0.3, 0.4) is 0 Å². The minimum Gasteiger partial charge on any atom is -0.497 e. The van der Waals surface area contributed by atoms with Gasteiger partial charge in [-0.05, 0) is 30.7 Å². The molecular formula is C18H25N3O3. The number of nitrogens with zero attached hydrogens (tertiary/aromatic N) is 2. The molecule has 2 fully saturated rings. The van der Waals surface area contributed by atoms with Crippen molar-refractivity contribution >= 4 is 11.8 Å². The van der Waals surface area contributed by atoms with Crippen LogP contribution in [-0.4, -0.2) is 61.4 Å². The van der Waals surface area contributed by atoms with Crippen LogP contribution in [0, 0.1) is 5.92 Å². The van der Waals surface area contributed by atoms with E-state index in [0.29, 0.717) is 19.5 Å². The summed E-state index contributed by atoms with van der Waals surface area (Å²) in [7, 11) is 3.49. The number of rotatable bonds is 5. The summed E-state index contributed by atoms with van der Waals surface area (Å²) in [6.07, 6.45) is 1.30. The highest BCUT2D eigenvalue weighted by Crippen LogP contribution is 2.24. The van der Waals surface area contributed by atoms with Crippen LogP contribution in [0.4, 0.5) is 0 Å². The maximum atomic E-state index is 12.7. The van der Waals surface area contributed by atoms with Crippen molar-refractivity contribution in [2.24, 2.45) is 5.92 Å². The van der Waals surface area contributed by atoms with Crippen LogP contribution >= 0.6 is 0 Å². The molecule has 2 saturated heterocycles. The summed E-state index contributed by atoms with van der Waals surface area (Å²) in [6.45, 7) is 2.85. The van der Waals surface area contributed by atoms with E-state index in [2.05, 4.69) is 5.32 Å². The number of hydrogen-bond donors (Lipinski definition) is 1. The first kappa shape index (κ1) is 16.8. The molecule has 0 radical (unpaired) electrons. The van der Waals surface area contributed by atoms with Gasteiger partial charge < -0.3 is 19.9 Å². The number of carbonyl (C=O) groups excluding carboxylic acids is 2. The molecule has 6 nitrogen and oxygen atoms in total. The van der Waals surface area contributed by atoms with Crippen molar-refractivity contribution in [2.75, 3.05) is 33.8 Å². The van der Waals surface area contributed by atoms with E-state index in [1.807, 2.05) is 36.2 Å². The fourth-order valence-electron chi connectivity index (χ4n) is 3.48. The third-order valence-corrected chi connectivity index (χ3v) is 5.03. The molecule has 0 saturated carbocycles. The Labute approximate surface area is 142 Å². The average Bonchev–Trinajstić information content (AvgIpc) is 3.25. The van der Waals surface area contributed by atoms with Crippen molar-refractivity contribution in [3.05, 3.63) is 29.8 Å². The van der Waals surface area contributed by atoms with Gasteiger partial charge in [-0.3, -0.25) is 9.59 Å². The third kappa shape index (κ3) is 3.53. The second kappa shape index (κ2) is 7.21. The number of methoxy groups -OCH3 is 1. The molecule has 2 unspecified atom stereocenters. The van der Waals surface area contributed by atoms with Crippen molar-refractivity contribution in [1.29, 1.82) is 0 Å². The average molecular weight is 331 g/mol. The van der Waals surface area contributed by atoms with Gasteiger partial charge in [0.15, 0.2) is 0 Å². The van der Waals surface area contributed by atoms with Crippen molar-refractivity contribution < 1.29 is 14.3 Å². The number of likely N-dealkylation sites (N-methyl/N-ethyl adjacent to an activating group) is 1. The molecule has 1 N–H and O–H groups in total. The van der Waals surface area contributed by atoms with Gasteiger partial charge in [-0.2, -0.15) is 0 Å². The Kier molecular flexibility index (Phi) is 5.04. The molecule has 3 rings (SSSR count). The minimum atomic E-state index is -0.221. The number of amides is 2. The van der Waals surface area contributed by atoms with E-state index in [4.69, 9.17) is 4.74 Å². The van der Waals surface area contributed by atoms with Gasteiger partial charge in [-0.25, -0.2) is 0 Å². The maximum Gasteiger partial charge on any atom is 0.228 e. The molecule has 24 heavy (non-hydrogen) atoms. The zero-order valence-electron chi connectivity index (χ0n) is 14.3. The first-order valence-electron chi connectivity index (χ1n) is 8.46. The number of carbonyl (C=O) groups is 2. The van der Waals surface area contributed by atoms with E-state index >= 15 is 0 Å². The van der Waals surface area contributed by atoms with Gasteiger partial charge in [-0.1, -0.05) is 12.1 Å². The molecule has 2 heterocycles. The van der Waals surface area contributed by atoms with Crippen LogP contribution < -0.4 is 10.1 Å². The highest BCUT2D eigenvalue weighted by Gasteiger charge is 2.37. The number of likely N-dealkylation sites (tertiary alicyclic amines) is 1. The first-order valence-corrected chi connectivity index (χ1v) is 8.46. The van der Waals surface area contributed by atoms with Crippen LogP contribution in [-0.2, 0) is 16.1 Å². The van der Waals surface area contributed by atoms with Crippen molar-refractivity contribution in [3.8, 4) is 5.75 Å². The number of hydrogen-bond acceptors (Lipinski definition) is 4. The lowest BCUT2D eigenvalue weighted by Gasteiger charge is -2.26. The number of benzene rings is 1.